The molecule has 34 heavy (non-hydrogen) atoms. The normalized spacial score (nSPS) is 10.5. The van der Waals surface area contributed by atoms with E-state index in [1.165, 1.54) is 0 Å². The van der Waals surface area contributed by atoms with Crippen molar-refractivity contribution in [2.45, 2.75) is 13.8 Å². The largest absolute Gasteiger partial charge is 0.423 e. The lowest BCUT2D eigenvalue weighted by molar-refractivity contribution is -0.130. The molecule has 4 nitrogen and oxygen atoms in total. The Balaban J connectivity index is 1.67. The molecule has 168 valence electrons. The molecule has 0 saturated heterocycles. The van der Waals surface area contributed by atoms with Crippen LogP contribution in [0, 0.1) is 0 Å². The summed E-state index contributed by atoms with van der Waals surface area (Å²) in [4.78, 5) is 23.5. The van der Waals surface area contributed by atoms with Crippen molar-refractivity contribution in [3.8, 4) is 33.8 Å². The fraction of sp³-hybridized carbons (Fsp3) is 0.0667. The van der Waals surface area contributed by atoms with Crippen molar-refractivity contribution in [1.82, 2.24) is 0 Å². The summed E-state index contributed by atoms with van der Waals surface area (Å²) in [6, 6.07) is 27.3. The van der Waals surface area contributed by atoms with Crippen molar-refractivity contribution in [3.63, 3.8) is 0 Å². The monoisotopic (exact) mass is 448 g/mol. The van der Waals surface area contributed by atoms with Crippen LogP contribution in [0.1, 0.15) is 13.8 Å². The molecule has 0 amide bonds. The molecule has 0 unspecified atom stereocenters. The Morgan fingerprint density at radius 1 is 0.559 bits per heavy atom. The number of fused-ring (bicyclic) bond motifs is 1. The van der Waals surface area contributed by atoms with E-state index < -0.39 is 11.9 Å². The quantitative estimate of drug-likeness (QED) is 0.179. The molecule has 0 aliphatic heterocycles. The second-order valence-corrected chi connectivity index (χ2v) is 8.09. The highest BCUT2D eigenvalue weighted by Gasteiger charge is 2.11. The Bertz CT molecular complexity index is 1300. The molecule has 0 bridgehead atoms. The summed E-state index contributed by atoms with van der Waals surface area (Å²) in [7, 11) is 0. The van der Waals surface area contributed by atoms with Gasteiger partial charge in [-0.05, 0) is 71.1 Å². The summed E-state index contributed by atoms with van der Waals surface area (Å²) >= 11 is 0. The average Bonchev–Trinajstić information content (AvgIpc) is 2.84. The molecular weight excluding hydrogens is 424 g/mol. The number of benzene rings is 4. The Morgan fingerprint density at radius 2 is 0.912 bits per heavy atom. The lowest BCUT2D eigenvalue weighted by Crippen LogP contribution is -2.07. The molecule has 0 saturated carbocycles. The van der Waals surface area contributed by atoms with Crippen molar-refractivity contribution in [2.75, 3.05) is 0 Å². The van der Waals surface area contributed by atoms with Crippen LogP contribution in [0.25, 0.3) is 33.0 Å². The van der Waals surface area contributed by atoms with Gasteiger partial charge in [-0.15, -0.1) is 0 Å². The van der Waals surface area contributed by atoms with E-state index in [2.05, 4.69) is 37.4 Å². The Morgan fingerprint density at radius 3 is 1.24 bits per heavy atom. The Hall–Kier alpha value is -4.44. The highest BCUT2D eigenvalue weighted by atomic mass is 16.5. The summed E-state index contributed by atoms with van der Waals surface area (Å²) < 4.78 is 10.6. The van der Waals surface area contributed by atoms with Gasteiger partial charge in [0.1, 0.15) is 11.5 Å². The van der Waals surface area contributed by atoms with Crippen molar-refractivity contribution < 1.29 is 19.1 Å². The van der Waals surface area contributed by atoms with E-state index in [1.54, 1.807) is 38.1 Å². The minimum absolute atomic E-state index is 0.354. The molecule has 0 heterocycles. The molecule has 0 aliphatic rings. The maximum absolute atomic E-state index is 11.8. The number of esters is 2. The van der Waals surface area contributed by atoms with Gasteiger partial charge >= 0.3 is 11.9 Å². The minimum Gasteiger partial charge on any atom is -0.423 e. The maximum Gasteiger partial charge on any atom is 0.338 e. The summed E-state index contributed by atoms with van der Waals surface area (Å²) in [5, 5.41) is 2.20. The van der Waals surface area contributed by atoms with Crippen molar-refractivity contribution >= 4 is 22.7 Å². The third-order valence-electron chi connectivity index (χ3n) is 5.37. The van der Waals surface area contributed by atoms with E-state index in [9.17, 15) is 9.59 Å². The van der Waals surface area contributed by atoms with Crippen LogP contribution in [0.2, 0.25) is 0 Å². The van der Waals surface area contributed by atoms with Crippen LogP contribution in [-0.4, -0.2) is 11.9 Å². The zero-order chi connectivity index (χ0) is 24.2. The predicted octanol–water partition coefficient (Wildman–Crippen LogP) is 7.14. The molecular formula is C30H24O4. The van der Waals surface area contributed by atoms with E-state index in [1.807, 2.05) is 36.4 Å². The summed E-state index contributed by atoms with van der Waals surface area (Å²) in [5.74, 6) is 0.0705. The molecule has 0 spiro atoms. The molecule has 0 atom stereocenters. The fourth-order valence-corrected chi connectivity index (χ4v) is 3.60. The van der Waals surface area contributed by atoms with Gasteiger partial charge in [0.15, 0.2) is 0 Å². The number of carbonyl (C=O) groups excluding carboxylic acids is 2. The second-order valence-electron chi connectivity index (χ2n) is 8.09. The van der Waals surface area contributed by atoms with Crippen LogP contribution in [-0.2, 0) is 9.59 Å². The Labute approximate surface area is 198 Å². The number of hydrogen-bond donors (Lipinski definition) is 0. The van der Waals surface area contributed by atoms with E-state index >= 15 is 0 Å². The average molecular weight is 449 g/mol. The maximum atomic E-state index is 11.8. The lowest BCUT2D eigenvalue weighted by atomic mass is 9.92. The zero-order valence-corrected chi connectivity index (χ0v) is 19.1. The molecule has 0 aliphatic carbocycles. The number of rotatable bonds is 6. The molecule has 4 heteroatoms. The van der Waals surface area contributed by atoms with E-state index in [-0.39, 0.29) is 0 Å². The van der Waals surface area contributed by atoms with Crippen LogP contribution in [0.15, 0.2) is 109 Å². The molecule has 4 rings (SSSR count). The third kappa shape index (κ3) is 4.81. The topological polar surface area (TPSA) is 52.6 Å². The van der Waals surface area contributed by atoms with E-state index in [0.717, 1.165) is 33.0 Å². The first-order valence-corrected chi connectivity index (χ1v) is 10.8. The lowest BCUT2D eigenvalue weighted by Gasteiger charge is -2.13. The van der Waals surface area contributed by atoms with Crippen molar-refractivity contribution in [3.05, 3.63) is 109 Å². The third-order valence-corrected chi connectivity index (χ3v) is 5.37. The van der Waals surface area contributed by atoms with Crippen LogP contribution in [0.4, 0.5) is 0 Å². The van der Waals surface area contributed by atoms with Gasteiger partial charge in [0, 0.05) is 11.1 Å². The van der Waals surface area contributed by atoms with Gasteiger partial charge in [0.25, 0.3) is 0 Å². The first-order chi connectivity index (χ1) is 16.3. The molecule has 0 fully saturated rings. The van der Waals surface area contributed by atoms with Crippen molar-refractivity contribution in [2.24, 2.45) is 0 Å². The van der Waals surface area contributed by atoms with Crippen LogP contribution in [0.3, 0.4) is 0 Å². The van der Waals surface area contributed by atoms with E-state index in [4.69, 9.17) is 9.47 Å². The van der Waals surface area contributed by atoms with Crippen LogP contribution in [0.5, 0.6) is 11.5 Å². The fourth-order valence-electron chi connectivity index (χ4n) is 3.60. The standard InChI is InChI=1S/C30H24O4/c1-19(2)29(31)33-23-13-9-21(10-14-23)25-17-18-26(28-8-6-5-7-27(25)28)22-11-15-24(16-12-22)34-30(32)20(3)4/h5-18H,1,3H2,2,4H3. The first kappa shape index (κ1) is 22.7. The van der Waals surface area contributed by atoms with Gasteiger partial charge < -0.3 is 9.47 Å². The van der Waals surface area contributed by atoms with Gasteiger partial charge in [-0.25, -0.2) is 9.59 Å². The zero-order valence-electron chi connectivity index (χ0n) is 19.1. The summed E-state index contributed by atoms with van der Waals surface area (Å²) in [6.07, 6.45) is 0. The first-order valence-electron chi connectivity index (χ1n) is 10.8. The van der Waals surface area contributed by atoms with Crippen LogP contribution >= 0.6 is 0 Å². The van der Waals surface area contributed by atoms with Gasteiger partial charge in [-0.3, -0.25) is 0 Å². The second kappa shape index (κ2) is 9.59. The molecule has 4 aromatic carbocycles. The molecule has 0 aromatic heterocycles. The summed E-state index contributed by atoms with van der Waals surface area (Å²) in [5.41, 5.74) is 4.88. The minimum atomic E-state index is -0.442. The van der Waals surface area contributed by atoms with E-state index in [0.29, 0.717) is 22.6 Å². The SMILES string of the molecule is C=C(C)C(=O)Oc1ccc(-c2ccc(-c3ccc(OC(=O)C(=C)C)cc3)c3ccccc23)cc1. The highest BCUT2D eigenvalue weighted by Crippen LogP contribution is 2.36. The molecule has 0 N–H and O–H groups in total. The number of ether oxygens (including phenoxy) is 2. The highest BCUT2D eigenvalue weighted by molar-refractivity contribution is 6.05. The van der Waals surface area contributed by atoms with Gasteiger partial charge in [-0.1, -0.05) is 73.8 Å². The number of hydrogen-bond acceptors (Lipinski definition) is 4. The predicted molar refractivity (Wildman–Crippen MR) is 136 cm³/mol. The number of carbonyl (C=O) groups is 2. The molecule has 4 aromatic rings. The Kier molecular flexibility index (Phi) is 6.42. The van der Waals surface area contributed by atoms with Gasteiger partial charge in [-0.2, -0.15) is 0 Å². The molecule has 0 radical (unpaired) electrons. The van der Waals surface area contributed by atoms with Gasteiger partial charge in [0.2, 0.25) is 0 Å². The van der Waals surface area contributed by atoms with Crippen molar-refractivity contribution in [1.29, 1.82) is 0 Å². The smallest absolute Gasteiger partial charge is 0.338 e. The van der Waals surface area contributed by atoms with Gasteiger partial charge in [0.05, 0.1) is 0 Å². The van der Waals surface area contributed by atoms with Crippen LogP contribution < -0.4 is 9.47 Å². The summed E-state index contributed by atoms with van der Waals surface area (Å²) in [6.45, 7) is 10.5.